The Balaban J connectivity index is 1.45. The zero-order chi connectivity index (χ0) is 21.2. The van der Waals surface area contributed by atoms with Gasteiger partial charge in [0.25, 0.3) is 5.91 Å². The quantitative estimate of drug-likeness (QED) is 0.473. The standard InChI is InChI=1S/C23H25N3O2S2/c24-15-18-7-1-2-8-19(18)16-29-14-11-25-23(28)20-9-3-4-10-21(20)30-17-22(27)26-12-5-6-13-26/h1-4,7-10H,5-6,11-14,16-17H2,(H,25,28). The average molecular weight is 440 g/mol. The van der Waals surface area contributed by atoms with E-state index in [4.69, 9.17) is 5.26 Å². The molecule has 1 fully saturated rings. The summed E-state index contributed by atoms with van der Waals surface area (Å²) in [5.74, 6) is 1.88. The SMILES string of the molecule is N#Cc1ccccc1CSCCNC(=O)c1ccccc1SCC(=O)N1CCCC1. The number of rotatable bonds is 9. The maximum atomic E-state index is 12.6. The van der Waals surface area contributed by atoms with Gasteiger partial charge in [0, 0.05) is 36.0 Å². The predicted octanol–water partition coefficient (Wildman–Crippen LogP) is 3.94. The van der Waals surface area contributed by atoms with E-state index in [2.05, 4.69) is 11.4 Å². The van der Waals surface area contributed by atoms with Crippen LogP contribution in [0.4, 0.5) is 0 Å². The summed E-state index contributed by atoms with van der Waals surface area (Å²) < 4.78 is 0. The number of carbonyl (C=O) groups is 2. The second-order valence-electron chi connectivity index (χ2n) is 6.95. The van der Waals surface area contributed by atoms with Crippen LogP contribution in [0, 0.1) is 11.3 Å². The summed E-state index contributed by atoms with van der Waals surface area (Å²) in [4.78, 5) is 27.6. The second-order valence-corrected chi connectivity index (χ2v) is 9.07. The van der Waals surface area contributed by atoms with E-state index in [1.807, 2.05) is 47.4 Å². The highest BCUT2D eigenvalue weighted by Crippen LogP contribution is 2.24. The summed E-state index contributed by atoms with van der Waals surface area (Å²) in [5.41, 5.74) is 2.32. The van der Waals surface area contributed by atoms with Crippen LogP contribution in [-0.2, 0) is 10.5 Å². The largest absolute Gasteiger partial charge is 0.351 e. The molecule has 7 heteroatoms. The molecule has 0 saturated carbocycles. The summed E-state index contributed by atoms with van der Waals surface area (Å²) in [6, 6.07) is 17.2. The molecular weight excluding hydrogens is 414 g/mol. The first-order valence-corrected chi connectivity index (χ1v) is 12.2. The van der Waals surface area contributed by atoms with Crippen molar-refractivity contribution in [3.05, 3.63) is 65.2 Å². The number of amides is 2. The fraction of sp³-hybridized carbons (Fsp3) is 0.348. The molecule has 2 amide bonds. The van der Waals surface area contributed by atoms with Crippen LogP contribution in [0.3, 0.4) is 0 Å². The molecule has 1 aliphatic rings. The zero-order valence-corrected chi connectivity index (χ0v) is 18.4. The molecule has 3 rings (SSSR count). The van der Waals surface area contributed by atoms with Crippen molar-refractivity contribution in [3.63, 3.8) is 0 Å². The number of hydrogen-bond donors (Lipinski definition) is 1. The Hall–Kier alpha value is -2.43. The molecule has 0 spiro atoms. The molecule has 1 N–H and O–H groups in total. The van der Waals surface area contributed by atoms with Crippen LogP contribution in [0.5, 0.6) is 0 Å². The normalized spacial score (nSPS) is 13.1. The van der Waals surface area contributed by atoms with Gasteiger partial charge in [0.1, 0.15) is 0 Å². The van der Waals surface area contributed by atoms with Gasteiger partial charge in [0.2, 0.25) is 5.91 Å². The third-order valence-corrected chi connectivity index (χ3v) is 6.94. The third-order valence-electron chi connectivity index (χ3n) is 4.87. The van der Waals surface area contributed by atoms with Crippen molar-refractivity contribution in [1.82, 2.24) is 10.2 Å². The van der Waals surface area contributed by atoms with Crippen LogP contribution >= 0.6 is 23.5 Å². The minimum absolute atomic E-state index is 0.121. The topological polar surface area (TPSA) is 73.2 Å². The number of likely N-dealkylation sites (tertiary alicyclic amines) is 1. The third kappa shape index (κ3) is 6.28. The average Bonchev–Trinajstić information content (AvgIpc) is 3.32. The summed E-state index contributed by atoms with van der Waals surface area (Å²) in [7, 11) is 0. The lowest BCUT2D eigenvalue weighted by atomic mass is 10.1. The van der Waals surface area contributed by atoms with Gasteiger partial charge in [-0.25, -0.2) is 0 Å². The molecule has 0 bridgehead atoms. The molecule has 0 unspecified atom stereocenters. The minimum Gasteiger partial charge on any atom is -0.351 e. The molecule has 156 valence electrons. The first kappa shape index (κ1) is 22.3. The highest BCUT2D eigenvalue weighted by Gasteiger charge is 2.19. The van der Waals surface area contributed by atoms with Gasteiger partial charge >= 0.3 is 0 Å². The van der Waals surface area contributed by atoms with Gasteiger partial charge in [-0.05, 0) is 36.6 Å². The van der Waals surface area contributed by atoms with Crippen molar-refractivity contribution < 1.29 is 9.59 Å². The lowest BCUT2D eigenvalue weighted by molar-refractivity contribution is -0.127. The van der Waals surface area contributed by atoms with Crippen molar-refractivity contribution in [2.24, 2.45) is 0 Å². The van der Waals surface area contributed by atoms with Crippen LogP contribution in [0.1, 0.15) is 34.3 Å². The number of carbonyl (C=O) groups excluding carboxylic acids is 2. The van der Waals surface area contributed by atoms with Gasteiger partial charge in [-0.1, -0.05) is 30.3 Å². The Kier molecular flexibility index (Phi) is 8.66. The lowest BCUT2D eigenvalue weighted by Crippen LogP contribution is -2.29. The van der Waals surface area contributed by atoms with Crippen LogP contribution in [0.25, 0.3) is 0 Å². The zero-order valence-electron chi connectivity index (χ0n) is 16.8. The van der Waals surface area contributed by atoms with E-state index in [1.54, 1.807) is 17.8 Å². The molecule has 1 heterocycles. The van der Waals surface area contributed by atoms with E-state index < -0.39 is 0 Å². The Morgan fingerprint density at radius 3 is 2.60 bits per heavy atom. The molecule has 0 aliphatic carbocycles. The molecule has 0 aromatic heterocycles. The molecule has 2 aromatic carbocycles. The van der Waals surface area contributed by atoms with Crippen LogP contribution in [0.2, 0.25) is 0 Å². The molecule has 5 nitrogen and oxygen atoms in total. The van der Waals surface area contributed by atoms with Gasteiger partial charge in [-0.15, -0.1) is 11.8 Å². The van der Waals surface area contributed by atoms with Gasteiger partial charge < -0.3 is 10.2 Å². The Morgan fingerprint density at radius 2 is 1.80 bits per heavy atom. The molecule has 1 saturated heterocycles. The van der Waals surface area contributed by atoms with Crippen molar-refractivity contribution in [2.45, 2.75) is 23.5 Å². The highest BCUT2D eigenvalue weighted by molar-refractivity contribution is 8.00. The van der Waals surface area contributed by atoms with Crippen LogP contribution in [0.15, 0.2) is 53.4 Å². The number of thioether (sulfide) groups is 2. The number of nitrogens with zero attached hydrogens (tertiary/aromatic N) is 2. The molecule has 0 atom stereocenters. The smallest absolute Gasteiger partial charge is 0.252 e. The van der Waals surface area contributed by atoms with Crippen LogP contribution < -0.4 is 5.32 Å². The van der Waals surface area contributed by atoms with Gasteiger partial charge in [0.15, 0.2) is 0 Å². The summed E-state index contributed by atoms with van der Waals surface area (Å²) in [6.45, 7) is 2.24. The Bertz CT molecular complexity index is 921. The number of nitriles is 1. The number of benzene rings is 2. The lowest BCUT2D eigenvalue weighted by Gasteiger charge is -2.15. The fourth-order valence-corrected chi connectivity index (χ4v) is 5.06. The number of hydrogen-bond acceptors (Lipinski definition) is 5. The second kappa shape index (κ2) is 11.7. The van der Waals surface area contributed by atoms with Crippen LogP contribution in [-0.4, -0.2) is 47.9 Å². The van der Waals surface area contributed by atoms with Crippen molar-refractivity contribution in [1.29, 1.82) is 5.26 Å². The van der Waals surface area contributed by atoms with E-state index in [9.17, 15) is 9.59 Å². The predicted molar refractivity (Wildman–Crippen MR) is 123 cm³/mol. The maximum absolute atomic E-state index is 12.6. The molecule has 30 heavy (non-hydrogen) atoms. The van der Waals surface area contributed by atoms with Crippen molar-refractivity contribution in [3.8, 4) is 6.07 Å². The highest BCUT2D eigenvalue weighted by atomic mass is 32.2. The fourth-order valence-electron chi connectivity index (χ4n) is 3.25. The summed E-state index contributed by atoms with van der Waals surface area (Å²) in [6.07, 6.45) is 2.16. The minimum atomic E-state index is -0.121. The first-order chi connectivity index (χ1) is 14.7. The van der Waals surface area contributed by atoms with E-state index in [0.717, 1.165) is 47.9 Å². The summed E-state index contributed by atoms with van der Waals surface area (Å²) >= 11 is 3.11. The van der Waals surface area contributed by atoms with Crippen molar-refractivity contribution in [2.75, 3.05) is 31.1 Å². The van der Waals surface area contributed by atoms with Crippen molar-refractivity contribution >= 4 is 35.3 Å². The molecular formula is C23H25N3O2S2. The monoisotopic (exact) mass is 439 g/mol. The van der Waals surface area contributed by atoms with E-state index >= 15 is 0 Å². The summed E-state index contributed by atoms with van der Waals surface area (Å²) in [5, 5.41) is 12.1. The van der Waals surface area contributed by atoms with Gasteiger partial charge in [0.05, 0.1) is 22.9 Å². The van der Waals surface area contributed by atoms with Gasteiger partial charge in [-0.3, -0.25) is 9.59 Å². The molecule has 1 aliphatic heterocycles. The number of nitrogens with one attached hydrogen (secondary N) is 1. The van der Waals surface area contributed by atoms with E-state index in [1.165, 1.54) is 11.8 Å². The van der Waals surface area contributed by atoms with E-state index in [-0.39, 0.29) is 11.8 Å². The Morgan fingerprint density at radius 1 is 1.07 bits per heavy atom. The maximum Gasteiger partial charge on any atom is 0.252 e. The Labute approximate surface area is 186 Å². The van der Waals surface area contributed by atoms with E-state index in [0.29, 0.717) is 23.4 Å². The molecule has 2 aromatic rings. The molecule has 0 radical (unpaired) electrons. The first-order valence-electron chi connectivity index (χ1n) is 10.0. The van der Waals surface area contributed by atoms with Gasteiger partial charge in [-0.2, -0.15) is 17.0 Å².